The second-order valence-corrected chi connectivity index (χ2v) is 6.04. The Bertz CT molecular complexity index is 1130. The number of rotatable bonds is 6. The molecule has 1 N–H and O–H groups in total. The summed E-state index contributed by atoms with van der Waals surface area (Å²) < 4.78 is 17.1. The molecule has 0 spiro atoms. The first-order valence-corrected chi connectivity index (χ1v) is 8.95. The number of carbonyl (C=O) groups excluding carboxylic acids is 1. The SMILES string of the molecule is CCOC(=O)/C=C/c1c(OC)c2cccc(O)c2c(=O)n1-c1ccc(OC)cc1. The number of nitrogens with zero attached hydrogens (tertiary/aromatic N) is 1. The van der Waals surface area contributed by atoms with E-state index in [4.69, 9.17) is 14.2 Å². The molecule has 0 amide bonds. The summed E-state index contributed by atoms with van der Waals surface area (Å²) in [5.74, 6) is 0.265. The lowest BCUT2D eigenvalue weighted by Gasteiger charge is -2.17. The Morgan fingerprint density at radius 3 is 2.45 bits per heavy atom. The first kappa shape index (κ1) is 20.0. The molecule has 0 aliphatic carbocycles. The Morgan fingerprint density at radius 2 is 1.83 bits per heavy atom. The van der Waals surface area contributed by atoms with Crippen LogP contribution >= 0.6 is 0 Å². The van der Waals surface area contributed by atoms with Gasteiger partial charge in [-0.2, -0.15) is 0 Å². The quantitative estimate of drug-likeness (QED) is 0.509. The Morgan fingerprint density at radius 1 is 1.10 bits per heavy atom. The third-order valence-corrected chi connectivity index (χ3v) is 4.38. The number of aromatic hydroxyl groups is 1. The minimum absolute atomic E-state index is 0.119. The number of benzene rings is 2. The smallest absolute Gasteiger partial charge is 0.330 e. The fraction of sp³-hybridized carbons (Fsp3) is 0.182. The second kappa shape index (κ2) is 8.52. The molecule has 1 heterocycles. The van der Waals surface area contributed by atoms with Gasteiger partial charge in [0.05, 0.1) is 31.9 Å². The van der Waals surface area contributed by atoms with Crippen molar-refractivity contribution in [2.24, 2.45) is 0 Å². The zero-order valence-electron chi connectivity index (χ0n) is 16.3. The highest BCUT2D eigenvalue weighted by molar-refractivity contribution is 5.96. The fourth-order valence-corrected chi connectivity index (χ4v) is 3.10. The van der Waals surface area contributed by atoms with Crippen molar-refractivity contribution in [3.05, 3.63) is 64.6 Å². The molecule has 0 fully saturated rings. The van der Waals surface area contributed by atoms with E-state index in [-0.39, 0.29) is 17.7 Å². The molecule has 0 unspecified atom stereocenters. The Balaban J connectivity index is 2.37. The third kappa shape index (κ3) is 3.80. The number of phenolic OH excluding ortho intramolecular Hbond substituents is 1. The van der Waals surface area contributed by atoms with Crippen LogP contribution in [0.15, 0.2) is 53.3 Å². The molecule has 7 nitrogen and oxygen atoms in total. The summed E-state index contributed by atoms with van der Waals surface area (Å²) in [7, 11) is 3.01. The van der Waals surface area contributed by atoms with Crippen LogP contribution in [0, 0.1) is 0 Å². The molecule has 150 valence electrons. The van der Waals surface area contributed by atoms with Crippen LogP contribution in [0.4, 0.5) is 0 Å². The third-order valence-electron chi connectivity index (χ3n) is 4.38. The molecule has 29 heavy (non-hydrogen) atoms. The average Bonchev–Trinajstić information content (AvgIpc) is 2.72. The van der Waals surface area contributed by atoms with E-state index in [0.717, 1.165) is 0 Å². The van der Waals surface area contributed by atoms with Crippen LogP contribution < -0.4 is 15.0 Å². The molecule has 3 rings (SSSR count). The van der Waals surface area contributed by atoms with Gasteiger partial charge in [0, 0.05) is 17.1 Å². The molecule has 0 aliphatic rings. The van der Waals surface area contributed by atoms with Crippen molar-refractivity contribution in [2.75, 3.05) is 20.8 Å². The predicted octanol–water partition coefficient (Wildman–Crippen LogP) is 3.29. The summed E-state index contributed by atoms with van der Waals surface area (Å²) in [6.07, 6.45) is 2.70. The van der Waals surface area contributed by atoms with Crippen LogP contribution in [0.25, 0.3) is 22.5 Å². The van der Waals surface area contributed by atoms with Crippen LogP contribution in [0.1, 0.15) is 12.6 Å². The number of methoxy groups -OCH3 is 2. The maximum Gasteiger partial charge on any atom is 0.330 e. The standard InChI is InChI=1S/C22H21NO6/c1-4-29-19(25)13-12-17-21(28-3)16-6-5-7-18(24)20(16)22(26)23(17)14-8-10-15(27-2)11-9-14/h5-13,24H,4H2,1-3H3/b13-12+. The number of ether oxygens (including phenoxy) is 3. The Labute approximate surface area is 167 Å². The molecule has 0 atom stereocenters. The lowest BCUT2D eigenvalue weighted by molar-refractivity contribution is -0.137. The lowest BCUT2D eigenvalue weighted by Crippen LogP contribution is -2.22. The molecule has 0 bridgehead atoms. The highest BCUT2D eigenvalue weighted by atomic mass is 16.5. The number of phenols is 1. The largest absolute Gasteiger partial charge is 0.507 e. The van der Waals surface area contributed by atoms with Crippen LogP contribution in [0.3, 0.4) is 0 Å². The maximum absolute atomic E-state index is 13.3. The molecular formula is C22H21NO6. The normalized spacial score (nSPS) is 11.0. The van der Waals surface area contributed by atoms with Crippen molar-refractivity contribution in [1.29, 1.82) is 0 Å². The lowest BCUT2D eigenvalue weighted by atomic mass is 10.1. The number of hydrogen-bond acceptors (Lipinski definition) is 6. The molecule has 0 aliphatic heterocycles. The zero-order chi connectivity index (χ0) is 21.0. The van der Waals surface area contributed by atoms with E-state index < -0.39 is 11.5 Å². The van der Waals surface area contributed by atoms with E-state index in [2.05, 4.69) is 0 Å². The minimum Gasteiger partial charge on any atom is -0.507 e. The van der Waals surface area contributed by atoms with Crippen LogP contribution in [-0.4, -0.2) is 36.5 Å². The van der Waals surface area contributed by atoms with Gasteiger partial charge in [0.1, 0.15) is 11.5 Å². The van der Waals surface area contributed by atoms with Gasteiger partial charge in [-0.3, -0.25) is 9.36 Å². The fourth-order valence-electron chi connectivity index (χ4n) is 3.10. The van der Waals surface area contributed by atoms with E-state index in [1.807, 2.05) is 0 Å². The van der Waals surface area contributed by atoms with Crippen molar-refractivity contribution >= 4 is 22.8 Å². The van der Waals surface area contributed by atoms with Gasteiger partial charge in [-0.25, -0.2) is 4.79 Å². The summed E-state index contributed by atoms with van der Waals surface area (Å²) in [5, 5.41) is 10.9. The maximum atomic E-state index is 13.3. The summed E-state index contributed by atoms with van der Waals surface area (Å²) >= 11 is 0. The van der Waals surface area contributed by atoms with Crippen molar-refractivity contribution in [1.82, 2.24) is 4.57 Å². The molecule has 0 radical (unpaired) electrons. The molecule has 2 aromatic carbocycles. The Hall–Kier alpha value is -3.74. The van der Waals surface area contributed by atoms with Crippen LogP contribution in [0.5, 0.6) is 17.2 Å². The zero-order valence-corrected chi connectivity index (χ0v) is 16.3. The summed E-state index contributed by atoms with van der Waals surface area (Å²) in [6.45, 7) is 1.94. The number of fused-ring (bicyclic) bond motifs is 1. The van der Waals surface area contributed by atoms with Gasteiger partial charge in [0.2, 0.25) is 0 Å². The molecule has 3 aromatic rings. The van der Waals surface area contributed by atoms with E-state index in [9.17, 15) is 14.7 Å². The van der Waals surface area contributed by atoms with Gasteiger partial charge < -0.3 is 19.3 Å². The van der Waals surface area contributed by atoms with Gasteiger partial charge in [0.25, 0.3) is 5.56 Å². The summed E-state index contributed by atoms with van der Waals surface area (Å²) in [6, 6.07) is 11.6. The van der Waals surface area contributed by atoms with E-state index in [0.29, 0.717) is 28.3 Å². The molecular weight excluding hydrogens is 374 g/mol. The molecule has 0 saturated heterocycles. The molecule has 7 heteroatoms. The van der Waals surface area contributed by atoms with Crippen molar-refractivity contribution in [3.63, 3.8) is 0 Å². The topological polar surface area (TPSA) is 87.0 Å². The van der Waals surface area contributed by atoms with Crippen LogP contribution in [-0.2, 0) is 9.53 Å². The van der Waals surface area contributed by atoms with Gasteiger partial charge in [-0.05, 0) is 43.3 Å². The second-order valence-electron chi connectivity index (χ2n) is 6.04. The highest BCUT2D eigenvalue weighted by Crippen LogP contribution is 2.34. The van der Waals surface area contributed by atoms with Crippen LogP contribution in [0.2, 0.25) is 0 Å². The molecule has 0 saturated carbocycles. The van der Waals surface area contributed by atoms with Gasteiger partial charge in [-0.15, -0.1) is 0 Å². The van der Waals surface area contributed by atoms with E-state index in [1.165, 1.54) is 29.9 Å². The molecule has 1 aromatic heterocycles. The van der Waals surface area contributed by atoms with Gasteiger partial charge >= 0.3 is 5.97 Å². The summed E-state index contributed by atoms with van der Waals surface area (Å²) in [4.78, 5) is 25.2. The first-order valence-electron chi connectivity index (χ1n) is 8.95. The number of aromatic nitrogens is 1. The average molecular weight is 395 g/mol. The monoisotopic (exact) mass is 395 g/mol. The van der Waals surface area contributed by atoms with Crippen molar-refractivity contribution in [2.45, 2.75) is 6.92 Å². The van der Waals surface area contributed by atoms with Gasteiger partial charge in [-0.1, -0.05) is 12.1 Å². The highest BCUT2D eigenvalue weighted by Gasteiger charge is 2.19. The number of carbonyl (C=O) groups is 1. The first-order chi connectivity index (χ1) is 14.0. The number of pyridine rings is 1. The Kier molecular flexibility index (Phi) is 5.87. The summed E-state index contributed by atoms with van der Waals surface area (Å²) in [5.41, 5.74) is 0.407. The van der Waals surface area contributed by atoms with Crippen molar-refractivity contribution < 1.29 is 24.1 Å². The van der Waals surface area contributed by atoms with Gasteiger partial charge in [0.15, 0.2) is 5.75 Å². The minimum atomic E-state index is -0.542. The van der Waals surface area contributed by atoms with E-state index >= 15 is 0 Å². The van der Waals surface area contributed by atoms with E-state index in [1.54, 1.807) is 50.4 Å². The number of hydrogen-bond donors (Lipinski definition) is 1. The predicted molar refractivity (Wildman–Crippen MR) is 110 cm³/mol. The van der Waals surface area contributed by atoms with Crippen molar-refractivity contribution in [3.8, 4) is 22.9 Å². The number of esters is 1.